The number of allylic oxidation sites excluding steroid dienone is 5. The van der Waals surface area contributed by atoms with Gasteiger partial charge in [-0.1, -0.05) is 89.9 Å². The van der Waals surface area contributed by atoms with E-state index >= 15 is 0 Å². The zero-order valence-electron chi connectivity index (χ0n) is 28.6. The molecule has 0 heterocycles. The molecule has 1 unspecified atom stereocenters. The first-order chi connectivity index (χ1) is 22.0. The number of hydrogen-bond donors (Lipinski definition) is 4. The summed E-state index contributed by atoms with van der Waals surface area (Å²) in [6.07, 6.45) is 23.5. The average molecular weight is 641 g/mol. The van der Waals surface area contributed by atoms with E-state index in [0.29, 0.717) is 31.3 Å². The van der Waals surface area contributed by atoms with Crippen LogP contribution in [0.5, 0.6) is 0 Å². The Labute approximate surface area is 276 Å². The number of Topliss-reactive ketones (excluding diaryl/α,β-unsaturated/α-hetero) is 1. The standard InChI is InChI=1S/C39H60O7/c1-4-5-6-7-8-9-10-11-12-13-14-15-16-17-18-30(36(44)45)32-24-28(41)23-27-19-20-29-31-21-22-39(46,34(43)26-40)37(31,2)25-33(42)35(29)38(27,32)3/h11-12,23-24,29-31,33,35,40,42,46H,4-10,13-22,25-26H2,1-3H3,(H,44,45)/b12-11+/t29-,30?,31-,33-,35+,37-,38+,39-/m0/s1. The number of rotatable bonds is 18. The van der Waals surface area contributed by atoms with Gasteiger partial charge in [0.1, 0.15) is 12.2 Å². The van der Waals surface area contributed by atoms with Gasteiger partial charge in [-0.2, -0.15) is 0 Å². The molecule has 0 aromatic carbocycles. The monoisotopic (exact) mass is 640 g/mol. The molecular weight excluding hydrogens is 580 g/mol. The van der Waals surface area contributed by atoms with E-state index in [2.05, 4.69) is 19.1 Å². The fourth-order valence-corrected chi connectivity index (χ4v) is 10.2. The van der Waals surface area contributed by atoms with Gasteiger partial charge in [-0.3, -0.25) is 14.4 Å². The fraction of sp³-hybridized carbons (Fsp3) is 0.769. The summed E-state index contributed by atoms with van der Waals surface area (Å²) in [7, 11) is 0. The lowest BCUT2D eigenvalue weighted by molar-refractivity contribution is -0.179. The molecule has 258 valence electrons. The van der Waals surface area contributed by atoms with Crippen molar-refractivity contribution in [1.29, 1.82) is 0 Å². The van der Waals surface area contributed by atoms with Crippen LogP contribution in [0.3, 0.4) is 0 Å². The van der Waals surface area contributed by atoms with Crippen LogP contribution in [0.25, 0.3) is 0 Å². The Morgan fingerprint density at radius 1 is 0.957 bits per heavy atom. The van der Waals surface area contributed by atoms with Gasteiger partial charge in [-0.05, 0) is 93.8 Å². The molecular formula is C39H60O7. The van der Waals surface area contributed by atoms with Crippen LogP contribution in [-0.2, 0) is 14.4 Å². The van der Waals surface area contributed by atoms with Gasteiger partial charge in [0, 0.05) is 16.7 Å². The van der Waals surface area contributed by atoms with Crippen molar-refractivity contribution in [2.45, 2.75) is 148 Å². The summed E-state index contributed by atoms with van der Waals surface area (Å²) < 4.78 is 0. The van der Waals surface area contributed by atoms with E-state index in [1.54, 1.807) is 6.08 Å². The summed E-state index contributed by atoms with van der Waals surface area (Å²) >= 11 is 0. The van der Waals surface area contributed by atoms with E-state index in [1.165, 1.54) is 44.6 Å². The minimum absolute atomic E-state index is 0.0448. The van der Waals surface area contributed by atoms with Gasteiger partial charge < -0.3 is 20.4 Å². The van der Waals surface area contributed by atoms with Crippen LogP contribution in [0.1, 0.15) is 136 Å². The molecule has 4 N–H and O–H groups in total. The molecule has 0 aliphatic heterocycles. The number of carboxylic acids is 1. The first kappa shape index (κ1) is 36.7. The predicted octanol–water partition coefficient (Wildman–Crippen LogP) is 7.28. The maximum absolute atomic E-state index is 13.0. The third-order valence-electron chi connectivity index (χ3n) is 12.7. The SMILES string of the molecule is CCCCCCCC/C=C/CCCCCCC(C(=O)O)C1=CC(=O)C=C2CC[C@@H]3[C@H]([C@@H](O)C[C@@]4(C)[C@H]3CC[C@]4(O)C(=O)CO)[C@]21C. The number of carboxylic acid groups (broad SMARTS) is 1. The predicted molar refractivity (Wildman–Crippen MR) is 180 cm³/mol. The van der Waals surface area contributed by atoms with Crippen molar-refractivity contribution in [3.05, 3.63) is 35.5 Å². The number of carbonyl (C=O) groups is 3. The molecule has 0 saturated heterocycles. The van der Waals surface area contributed by atoms with Gasteiger partial charge in [-0.15, -0.1) is 0 Å². The second-order valence-electron chi connectivity index (χ2n) is 15.3. The highest BCUT2D eigenvalue weighted by Crippen LogP contribution is 2.68. The first-order valence-electron chi connectivity index (χ1n) is 18.3. The summed E-state index contributed by atoms with van der Waals surface area (Å²) in [5.41, 5.74) is -1.85. The average Bonchev–Trinajstić information content (AvgIpc) is 3.29. The van der Waals surface area contributed by atoms with Crippen LogP contribution in [0.15, 0.2) is 35.5 Å². The lowest BCUT2D eigenvalue weighted by atomic mass is 9.44. The lowest BCUT2D eigenvalue weighted by Crippen LogP contribution is -2.62. The van der Waals surface area contributed by atoms with Gasteiger partial charge in [0.05, 0.1) is 12.0 Å². The Morgan fingerprint density at radius 2 is 1.59 bits per heavy atom. The molecule has 0 aromatic rings. The number of unbranched alkanes of at least 4 members (excludes halogenated alkanes) is 10. The molecule has 4 rings (SSSR count). The van der Waals surface area contributed by atoms with E-state index in [0.717, 1.165) is 44.1 Å². The number of hydrogen-bond acceptors (Lipinski definition) is 6. The van der Waals surface area contributed by atoms with Crippen LogP contribution in [0, 0.1) is 34.5 Å². The molecule has 8 atom stereocenters. The number of aliphatic carboxylic acids is 1. The zero-order chi connectivity index (χ0) is 33.5. The topological polar surface area (TPSA) is 132 Å². The van der Waals surface area contributed by atoms with Crippen molar-refractivity contribution in [2.75, 3.05) is 6.61 Å². The molecule has 0 bridgehead atoms. The summed E-state index contributed by atoms with van der Waals surface area (Å²) in [6, 6.07) is 0. The summed E-state index contributed by atoms with van der Waals surface area (Å²) in [6.45, 7) is 5.40. The van der Waals surface area contributed by atoms with Crippen molar-refractivity contribution in [3.63, 3.8) is 0 Å². The Hall–Kier alpha value is -2.09. The Bertz CT molecular complexity index is 1180. The summed E-state index contributed by atoms with van der Waals surface area (Å²) in [4.78, 5) is 38.6. The van der Waals surface area contributed by atoms with Gasteiger partial charge in [0.25, 0.3) is 0 Å². The summed E-state index contributed by atoms with van der Waals surface area (Å²) in [5, 5.41) is 43.5. The zero-order valence-corrected chi connectivity index (χ0v) is 28.6. The van der Waals surface area contributed by atoms with Gasteiger partial charge in [0.15, 0.2) is 11.6 Å². The smallest absolute Gasteiger partial charge is 0.310 e. The van der Waals surface area contributed by atoms with Gasteiger partial charge in [-0.25, -0.2) is 0 Å². The largest absolute Gasteiger partial charge is 0.481 e. The molecule has 46 heavy (non-hydrogen) atoms. The first-order valence-corrected chi connectivity index (χ1v) is 18.3. The third-order valence-corrected chi connectivity index (χ3v) is 12.7. The van der Waals surface area contributed by atoms with Crippen LogP contribution in [0.4, 0.5) is 0 Å². The van der Waals surface area contributed by atoms with Crippen LogP contribution in [0.2, 0.25) is 0 Å². The Morgan fingerprint density at radius 3 is 2.22 bits per heavy atom. The Balaban J connectivity index is 1.39. The highest BCUT2D eigenvalue weighted by molar-refractivity contribution is 6.03. The Kier molecular flexibility index (Phi) is 12.7. The number of ketones is 2. The molecule has 4 aliphatic rings. The number of fused-ring (bicyclic) bond motifs is 5. The second kappa shape index (κ2) is 15.9. The molecule has 0 radical (unpaired) electrons. The van der Waals surface area contributed by atoms with Crippen LogP contribution < -0.4 is 0 Å². The van der Waals surface area contributed by atoms with Gasteiger partial charge in [0.2, 0.25) is 0 Å². The molecule has 7 nitrogen and oxygen atoms in total. The van der Waals surface area contributed by atoms with Crippen molar-refractivity contribution in [3.8, 4) is 0 Å². The van der Waals surface area contributed by atoms with E-state index in [4.69, 9.17) is 0 Å². The second-order valence-corrected chi connectivity index (χ2v) is 15.3. The lowest BCUT2D eigenvalue weighted by Gasteiger charge is -2.61. The van der Waals surface area contributed by atoms with E-state index < -0.39 is 46.8 Å². The molecule has 7 heteroatoms. The molecule has 0 spiro atoms. The molecule has 4 aliphatic carbocycles. The highest BCUT2D eigenvalue weighted by atomic mass is 16.4. The minimum atomic E-state index is -1.69. The number of aliphatic hydroxyl groups is 3. The van der Waals surface area contributed by atoms with Gasteiger partial charge >= 0.3 is 5.97 Å². The third kappa shape index (κ3) is 7.17. The maximum Gasteiger partial charge on any atom is 0.310 e. The highest BCUT2D eigenvalue weighted by Gasteiger charge is 2.69. The van der Waals surface area contributed by atoms with E-state index in [-0.39, 0.29) is 36.4 Å². The molecule has 3 fully saturated rings. The normalized spacial score (nSPS) is 34.4. The quantitative estimate of drug-likeness (QED) is 0.0915. The molecule has 0 aromatic heterocycles. The number of aliphatic hydroxyl groups excluding tert-OH is 2. The van der Waals surface area contributed by atoms with Crippen LogP contribution in [-0.4, -0.2) is 56.3 Å². The van der Waals surface area contributed by atoms with Crippen LogP contribution >= 0.6 is 0 Å². The van der Waals surface area contributed by atoms with E-state index in [1.807, 2.05) is 13.8 Å². The van der Waals surface area contributed by atoms with Crippen molar-refractivity contribution < 1.29 is 34.8 Å². The van der Waals surface area contributed by atoms with Crippen molar-refractivity contribution >= 4 is 17.5 Å². The van der Waals surface area contributed by atoms with Crippen molar-refractivity contribution in [1.82, 2.24) is 0 Å². The fourth-order valence-electron chi connectivity index (χ4n) is 10.2. The van der Waals surface area contributed by atoms with E-state index in [9.17, 15) is 34.8 Å². The van der Waals surface area contributed by atoms with Crippen molar-refractivity contribution in [2.24, 2.45) is 34.5 Å². The number of carbonyl (C=O) groups excluding carboxylic acids is 2. The molecule has 0 amide bonds. The maximum atomic E-state index is 13.0. The molecule has 3 saturated carbocycles. The summed E-state index contributed by atoms with van der Waals surface area (Å²) in [5.74, 6) is -2.94. The minimum Gasteiger partial charge on any atom is -0.481 e.